The van der Waals surface area contributed by atoms with E-state index in [1.165, 1.54) is 0 Å². The van der Waals surface area contributed by atoms with Crippen LogP contribution in [0, 0.1) is 11.8 Å². The molecule has 2 aliphatic heterocycles. The van der Waals surface area contributed by atoms with E-state index >= 15 is 0 Å². The molecule has 23 heavy (non-hydrogen) atoms. The molecule has 0 aliphatic carbocycles. The first-order valence-corrected chi connectivity index (χ1v) is 8.81. The van der Waals surface area contributed by atoms with E-state index in [1.807, 2.05) is 9.80 Å². The van der Waals surface area contributed by atoms with Crippen LogP contribution in [-0.2, 0) is 9.59 Å². The van der Waals surface area contributed by atoms with Crippen LogP contribution in [0.1, 0.15) is 52.4 Å². The molecule has 2 amide bonds. The van der Waals surface area contributed by atoms with E-state index in [0.29, 0.717) is 24.8 Å². The number of hydrogen-bond acceptors (Lipinski definition) is 3. The molecule has 1 atom stereocenters. The maximum absolute atomic E-state index is 13.0. The molecular formula is C17H32ClN3O2. The van der Waals surface area contributed by atoms with Crippen LogP contribution in [-0.4, -0.2) is 53.8 Å². The molecule has 2 aliphatic rings. The highest BCUT2D eigenvalue weighted by molar-refractivity contribution is 5.88. The average Bonchev–Trinajstić information content (AvgIpc) is 2.52. The van der Waals surface area contributed by atoms with E-state index in [2.05, 4.69) is 13.8 Å². The van der Waals surface area contributed by atoms with Gasteiger partial charge in [0.1, 0.15) is 6.04 Å². The number of likely N-dealkylation sites (tertiary alicyclic amines) is 2. The summed E-state index contributed by atoms with van der Waals surface area (Å²) in [7, 11) is 0. The smallest absolute Gasteiger partial charge is 0.245 e. The second-order valence-electron chi connectivity index (χ2n) is 7.19. The minimum atomic E-state index is -0.262. The van der Waals surface area contributed by atoms with Gasteiger partial charge in [-0.1, -0.05) is 13.8 Å². The molecule has 0 radical (unpaired) electrons. The zero-order chi connectivity index (χ0) is 16.1. The predicted octanol–water partition coefficient (Wildman–Crippen LogP) is 2.03. The summed E-state index contributed by atoms with van der Waals surface area (Å²) in [5.74, 6) is 1.26. The van der Waals surface area contributed by atoms with Crippen LogP contribution >= 0.6 is 12.4 Å². The van der Waals surface area contributed by atoms with Crippen LogP contribution in [0.5, 0.6) is 0 Å². The van der Waals surface area contributed by atoms with E-state index < -0.39 is 0 Å². The van der Waals surface area contributed by atoms with E-state index in [1.54, 1.807) is 0 Å². The Balaban J connectivity index is 0.00000264. The molecule has 0 aromatic rings. The molecule has 0 spiro atoms. The molecule has 2 rings (SSSR count). The van der Waals surface area contributed by atoms with Gasteiger partial charge in [-0.3, -0.25) is 9.59 Å². The fourth-order valence-electron chi connectivity index (χ4n) is 3.56. The van der Waals surface area contributed by atoms with Crippen LogP contribution in [0.3, 0.4) is 0 Å². The van der Waals surface area contributed by atoms with Crippen molar-refractivity contribution in [3.63, 3.8) is 0 Å². The predicted molar refractivity (Wildman–Crippen MR) is 94.4 cm³/mol. The molecule has 2 N–H and O–H groups in total. The first kappa shape index (κ1) is 20.2. The molecule has 1 unspecified atom stereocenters. The summed E-state index contributed by atoms with van der Waals surface area (Å²) in [6, 6.07) is -0.262. The van der Waals surface area contributed by atoms with Crippen molar-refractivity contribution in [2.24, 2.45) is 17.6 Å². The van der Waals surface area contributed by atoms with Gasteiger partial charge < -0.3 is 15.5 Å². The summed E-state index contributed by atoms with van der Waals surface area (Å²) >= 11 is 0. The SMILES string of the molecule is CC(C)CC(C(=O)N1CCC(CN)CC1)N1CCCCC1=O.Cl. The lowest BCUT2D eigenvalue weighted by atomic mass is 9.94. The van der Waals surface area contributed by atoms with Gasteiger partial charge in [-0.05, 0) is 50.5 Å². The van der Waals surface area contributed by atoms with Crippen molar-refractivity contribution >= 4 is 24.2 Å². The maximum atomic E-state index is 13.0. The van der Waals surface area contributed by atoms with Crippen molar-refractivity contribution in [1.82, 2.24) is 9.80 Å². The molecule has 134 valence electrons. The number of carbonyl (C=O) groups excluding carboxylic acids is 2. The van der Waals surface area contributed by atoms with Gasteiger partial charge in [0.25, 0.3) is 0 Å². The number of rotatable bonds is 5. The van der Waals surface area contributed by atoms with E-state index in [4.69, 9.17) is 5.73 Å². The van der Waals surface area contributed by atoms with Crippen LogP contribution in [0.25, 0.3) is 0 Å². The summed E-state index contributed by atoms with van der Waals surface area (Å²) < 4.78 is 0. The Morgan fingerprint density at radius 2 is 1.87 bits per heavy atom. The zero-order valence-corrected chi connectivity index (χ0v) is 15.3. The first-order valence-electron chi connectivity index (χ1n) is 8.81. The van der Waals surface area contributed by atoms with Gasteiger partial charge in [0.05, 0.1) is 0 Å². The summed E-state index contributed by atoms with van der Waals surface area (Å²) in [6.07, 6.45) is 5.32. The number of nitrogens with zero attached hydrogens (tertiary/aromatic N) is 2. The van der Waals surface area contributed by atoms with E-state index in [0.717, 1.165) is 51.7 Å². The van der Waals surface area contributed by atoms with Crippen LogP contribution < -0.4 is 5.73 Å². The Bertz CT molecular complexity index is 395. The van der Waals surface area contributed by atoms with Crippen molar-refractivity contribution in [2.45, 2.75) is 58.4 Å². The Kier molecular flexibility index (Phi) is 8.34. The van der Waals surface area contributed by atoms with Crippen LogP contribution in [0.2, 0.25) is 0 Å². The van der Waals surface area contributed by atoms with Crippen molar-refractivity contribution < 1.29 is 9.59 Å². The number of halogens is 1. The normalized spacial score (nSPS) is 21.3. The number of carbonyl (C=O) groups is 2. The molecule has 2 heterocycles. The van der Waals surface area contributed by atoms with Gasteiger partial charge in [0, 0.05) is 26.1 Å². The van der Waals surface area contributed by atoms with Gasteiger partial charge in [-0.15, -0.1) is 12.4 Å². The number of amides is 2. The fraction of sp³-hybridized carbons (Fsp3) is 0.882. The van der Waals surface area contributed by atoms with Gasteiger partial charge in [-0.25, -0.2) is 0 Å². The summed E-state index contributed by atoms with van der Waals surface area (Å²) in [6.45, 7) is 7.27. The van der Waals surface area contributed by atoms with Crippen LogP contribution in [0.4, 0.5) is 0 Å². The summed E-state index contributed by atoms with van der Waals surface area (Å²) in [5, 5.41) is 0. The zero-order valence-electron chi connectivity index (χ0n) is 14.5. The maximum Gasteiger partial charge on any atom is 0.245 e. The third kappa shape index (κ3) is 5.35. The number of hydrogen-bond donors (Lipinski definition) is 1. The standard InChI is InChI=1S/C17H31N3O2.ClH/c1-13(2)11-15(20-8-4-3-5-16(20)21)17(22)19-9-6-14(12-18)7-10-19;/h13-15H,3-12,18H2,1-2H3;1H. The second kappa shape index (κ2) is 9.48. The quantitative estimate of drug-likeness (QED) is 0.829. The number of nitrogens with two attached hydrogens (primary N) is 1. The van der Waals surface area contributed by atoms with Crippen molar-refractivity contribution in [1.29, 1.82) is 0 Å². The van der Waals surface area contributed by atoms with Crippen molar-refractivity contribution in [3.8, 4) is 0 Å². The lowest BCUT2D eigenvalue weighted by molar-refractivity contribution is -0.149. The van der Waals surface area contributed by atoms with Crippen molar-refractivity contribution in [2.75, 3.05) is 26.2 Å². The van der Waals surface area contributed by atoms with Crippen LogP contribution in [0.15, 0.2) is 0 Å². The van der Waals surface area contributed by atoms with Gasteiger partial charge in [0.15, 0.2) is 0 Å². The van der Waals surface area contributed by atoms with Crippen molar-refractivity contribution in [3.05, 3.63) is 0 Å². The summed E-state index contributed by atoms with van der Waals surface area (Å²) in [4.78, 5) is 29.0. The lowest BCUT2D eigenvalue weighted by Crippen LogP contribution is -2.54. The molecule has 0 bridgehead atoms. The molecular weight excluding hydrogens is 314 g/mol. The van der Waals surface area contributed by atoms with E-state index in [9.17, 15) is 9.59 Å². The Labute approximate surface area is 146 Å². The molecule has 2 saturated heterocycles. The molecule has 0 aromatic carbocycles. The van der Waals surface area contributed by atoms with Gasteiger partial charge >= 0.3 is 0 Å². The highest BCUT2D eigenvalue weighted by atomic mass is 35.5. The first-order chi connectivity index (χ1) is 10.5. The Hall–Kier alpha value is -0.810. The largest absolute Gasteiger partial charge is 0.341 e. The highest BCUT2D eigenvalue weighted by Gasteiger charge is 2.35. The van der Waals surface area contributed by atoms with Gasteiger partial charge in [-0.2, -0.15) is 0 Å². The highest BCUT2D eigenvalue weighted by Crippen LogP contribution is 2.23. The third-order valence-corrected chi connectivity index (χ3v) is 4.98. The topological polar surface area (TPSA) is 66.6 Å². The molecule has 2 fully saturated rings. The van der Waals surface area contributed by atoms with E-state index in [-0.39, 0.29) is 30.3 Å². The molecule has 0 aromatic heterocycles. The fourth-order valence-corrected chi connectivity index (χ4v) is 3.56. The second-order valence-corrected chi connectivity index (χ2v) is 7.19. The Morgan fingerprint density at radius 3 is 2.39 bits per heavy atom. The Morgan fingerprint density at radius 1 is 1.22 bits per heavy atom. The minimum Gasteiger partial charge on any atom is -0.341 e. The van der Waals surface area contributed by atoms with Gasteiger partial charge in [0.2, 0.25) is 11.8 Å². The summed E-state index contributed by atoms with van der Waals surface area (Å²) in [5.41, 5.74) is 5.73. The average molecular weight is 346 g/mol. The number of piperidine rings is 2. The minimum absolute atomic E-state index is 0. The molecule has 5 nitrogen and oxygen atoms in total. The lowest BCUT2D eigenvalue weighted by Gasteiger charge is -2.39. The monoisotopic (exact) mass is 345 g/mol. The molecule has 6 heteroatoms. The molecule has 0 saturated carbocycles. The third-order valence-electron chi connectivity index (χ3n) is 4.98.